The molecule has 0 amide bonds. The molecule has 0 aromatic heterocycles. The maximum absolute atomic E-state index is 12.7. The van der Waals surface area contributed by atoms with Gasteiger partial charge in [-0.15, -0.1) is 0 Å². The molecule has 0 N–H and O–H groups in total. The number of esters is 2. The molecule has 8 nitrogen and oxygen atoms in total. The molecule has 45 heavy (non-hydrogen) atoms. The predicted molar refractivity (Wildman–Crippen MR) is 175 cm³/mol. The summed E-state index contributed by atoms with van der Waals surface area (Å²) in [4.78, 5) is 25.4. The molecule has 0 aliphatic carbocycles. The third-order valence-electron chi connectivity index (χ3n) is 6.34. The minimum atomic E-state index is -0.501. The number of benzene rings is 3. The second-order valence-electron chi connectivity index (χ2n) is 10.9. The van der Waals surface area contributed by atoms with Crippen LogP contribution in [0.2, 0.25) is 0 Å². The van der Waals surface area contributed by atoms with E-state index in [2.05, 4.69) is 13.2 Å². The van der Waals surface area contributed by atoms with Crippen LogP contribution in [0.5, 0.6) is 23.0 Å². The average molecular weight is 617 g/mol. The van der Waals surface area contributed by atoms with E-state index in [-0.39, 0.29) is 0 Å². The van der Waals surface area contributed by atoms with Gasteiger partial charge in [0.2, 0.25) is 0 Å². The summed E-state index contributed by atoms with van der Waals surface area (Å²) in [5.41, 5.74) is 3.45. The van der Waals surface area contributed by atoms with Crippen molar-refractivity contribution in [2.75, 3.05) is 39.6 Å². The summed E-state index contributed by atoms with van der Waals surface area (Å²) >= 11 is 0. The van der Waals surface area contributed by atoms with Crippen LogP contribution in [0.25, 0.3) is 0 Å². The molecule has 0 heterocycles. The molecule has 8 heteroatoms. The summed E-state index contributed by atoms with van der Waals surface area (Å²) in [6.07, 6.45) is 3.51. The number of aryl methyl sites for hydroxylation is 1. The fraction of sp³-hybridized carbons (Fsp3) is 0.351. The zero-order chi connectivity index (χ0) is 32.4. The van der Waals surface area contributed by atoms with Crippen molar-refractivity contribution < 1.29 is 38.0 Å². The van der Waals surface area contributed by atoms with E-state index in [1.165, 1.54) is 0 Å². The van der Waals surface area contributed by atoms with Gasteiger partial charge >= 0.3 is 11.9 Å². The van der Waals surface area contributed by atoms with E-state index in [1.54, 1.807) is 73.7 Å². The summed E-state index contributed by atoms with van der Waals surface area (Å²) in [7, 11) is 0. The van der Waals surface area contributed by atoms with Crippen LogP contribution in [0, 0.1) is 6.92 Å². The number of carbonyl (C=O) groups excluding carboxylic acids is 2. The summed E-state index contributed by atoms with van der Waals surface area (Å²) < 4.78 is 33.6. The van der Waals surface area contributed by atoms with E-state index in [1.807, 2.05) is 13.8 Å². The molecular weight excluding hydrogens is 572 g/mol. The summed E-state index contributed by atoms with van der Waals surface area (Å²) in [5, 5.41) is 0. The first-order valence-corrected chi connectivity index (χ1v) is 15.2. The van der Waals surface area contributed by atoms with Crippen molar-refractivity contribution in [3.8, 4) is 23.0 Å². The maximum Gasteiger partial charge on any atom is 0.343 e. The highest BCUT2D eigenvalue weighted by molar-refractivity contribution is 5.92. The molecule has 0 radical (unpaired) electrons. The zero-order valence-electron chi connectivity index (χ0n) is 26.6. The molecule has 240 valence electrons. The molecule has 3 aromatic rings. The highest BCUT2D eigenvalue weighted by Gasteiger charge is 2.14. The van der Waals surface area contributed by atoms with E-state index in [9.17, 15) is 9.59 Å². The molecule has 0 atom stereocenters. The van der Waals surface area contributed by atoms with Crippen molar-refractivity contribution in [2.24, 2.45) is 0 Å². The van der Waals surface area contributed by atoms with E-state index >= 15 is 0 Å². The van der Waals surface area contributed by atoms with Gasteiger partial charge in [0.05, 0.1) is 37.6 Å². The molecule has 0 bridgehead atoms. The predicted octanol–water partition coefficient (Wildman–Crippen LogP) is 7.94. The van der Waals surface area contributed by atoms with Gasteiger partial charge in [-0.05, 0) is 119 Å². The normalized spacial score (nSPS) is 10.6. The monoisotopic (exact) mass is 616 g/mol. The molecule has 0 fully saturated rings. The van der Waals surface area contributed by atoms with Gasteiger partial charge < -0.3 is 28.4 Å². The van der Waals surface area contributed by atoms with E-state index in [4.69, 9.17) is 28.4 Å². The van der Waals surface area contributed by atoms with Gasteiger partial charge in [0.15, 0.2) is 0 Å². The number of unbranched alkanes of at least 4 members (excludes halogenated alkanes) is 2. The van der Waals surface area contributed by atoms with Gasteiger partial charge in [-0.2, -0.15) is 0 Å². The number of ether oxygens (including phenoxy) is 6. The Morgan fingerprint density at radius 2 is 1.00 bits per heavy atom. The molecule has 3 aromatic carbocycles. The van der Waals surface area contributed by atoms with Crippen molar-refractivity contribution in [1.82, 2.24) is 0 Å². The van der Waals surface area contributed by atoms with Gasteiger partial charge in [0, 0.05) is 13.2 Å². The Bertz CT molecular complexity index is 1390. The number of rotatable bonds is 20. The van der Waals surface area contributed by atoms with Gasteiger partial charge in [0.25, 0.3) is 0 Å². The van der Waals surface area contributed by atoms with Crippen LogP contribution >= 0.6 is 0 Å². The molecule has 0 saturated heterocycles. The Kier molecular flexibility index (Phi) is 14.9. The Balaban J connectivity index is 1.40. The molecular formula is C37H44O8. The fourth-order valence-electron chi connectivity index (χ4n) is 3.98. The average Bonchev–Trinajstić information content (AvgIpc) is 3.01. The first-order valence-electron chi connectivity index (χ1n) is 15.2. The van der Waals surface area contributed by atoms with Crippen molar-refractivity contribution in [1.29, 1.82) is 0 Å². The molecule has 0 unspecified atom stereocenters. The summed E-state index contributed by atoms with van der Waals surface area (Å²) in [6, 6.07) is 18.5. The topological polar surface area (TPSA) is 89.5 Å². The Morgan fingerprint density at radius 3 is 1.44 bits per heavy atom. The molecule has 0 spiro atoms. The van der Waals surface area contributed by atoms with Crippen molar-refractivity contribution in [3.63, 3.8) is 0 Å². The van der Waals surface area contributed by atoms with Gasteiger partial charge in [0.1, 0.15) is 23.0 Å². The van der Waals surface area contributed by atoms with Gasteiger partial charge in [-0.25, -0.2) is 9.59 Å². The second kappa shape index (κ2) is 19.1. The van der Waals surface area contributed by atoms with Crippen LogP contribution < -0.4 is 18.9 Å². The third kappa shape index (κ3) is 13.4. The molecule has 3 rings (SSSR count). The number of hydrogen-bond acceptors (Lipinski definition) is 8. The van der Waals surface area contributed by atoms with E-state index in [0.29, 0.717) is 79.3 Å². The van der Waals surface area contributed by atoms with Crippen LogP contribution in [0.15, 0.2) is 91.0 Å². The lowest BCUT2D eigenvalue weighted by atomic mass is 10.2. The quantitative estimate of drug-likeness (QED) is 0.0547. The van der Waals surface area contributed by atoms with Crippen molar-refractivity contribution in [3.05, 3.63) is 108 Å². The van der Waals surface area contributed by atoms with Crippen molar-refractivity contribution in [2.45, 2.75) is 46.5 Å². The summed E-state index contributed by atoms with van der Waals surface area (Å²) in [5.74, 6) is 1.07. The van der Waals surface area contributed by atoms with Crippen LogP contribution in [0.3, 0.4) is 0 Å². The fourth-order valence-corrected chi connectivity index (χ4v) is 3.98. The lowest BCUT2D eigenvalue weighted by molar-refractivity contribution is 0.0718. The zero-order valence-corrected chi connectivity index (χ0v) is 26.6. The summed E-state index contributed by atoms with van der Waals surface area (Å²) in [6.45, 7) is 16.9. The smallest absolute Gasteiger partial charge is 0.343 e. The van der Waals surface area contributed by atoms with Gasteiger partial charge in [-0.1, -0.05) is 24.3 Å². The molecule has 0 aliphatic heterocycles. The standard InChI is InChI=1S/C37H44O8/c1-27(2)25-40-20-6-8-22-42-32-14-10-30(11-15-32)36(38)44-34-18-19-35(29(5)24-34)45-37(39)31-12-16-33(17-13-31)43-23-9-7-21-41-26-28(3)4/h10-19,24H,1,3,6-9,20-23,25-26H2,2,4-5H3. The minimum Gasteiger partial charge on any atom is -0.494 e. The highest BCUT2D eigenvalue weighted by Crippen LogP contribution is 2.26. The lowest BCUT2D eigenvalue weighted by Gasteiger charge is -2.11. The third-order valence-corrected chi connectivity index (χ3v) is 6.34. The molecule has 0 aliphatic rings. The van der Waals surface area contributed by atoms with Crippen molar-refractivity contribution >= 4 is 11.9 Å². The number of hydrogen-bond donors (Lipinski definition) is 0. The largest absolute Gasteiger partial charge is 0.494 e. The highest BCUT2D eigenvalue weighted by atomic mass is 16.5. The van der Waals surface area contributed by atoms with Crippen LogP contribution in [-0.4, -0.2) is 51.6 Å². The first-order chi connectivity index (χ1) is 21.7. The van der Waals surface area contributed by atoms with Crippen LogP contribution in [0.4, 0.5) is 0 Å². The number of carbonyl (C=O) groups is 2. The first kappa shape index (κ1) is 35.1. The lowest BCUT2D eigenvalue weighted by Crippen LogP contribution is -2.11. The molecule has 0 saturated carbocycles. The van der Waals surface area contributed by atoms with Gasteiger partial charge in [-0.3, -0.25) is 0 Å². The van der Waals surface area contributed by atoms with E-state index in [0.717, 1.165) is 36.8 Å². The maximum atomic E-state index is 12.7. The van der Waals surface area contributed by atoms with E-state index < -0.39 is 11.9 Å². The minimum absolute atomic E-state index is 0.343. The van der Waals surface area contributed by atoms with Crippen LogP contribution in [-0.2, 0) is 9.47 Å². The SMILES string of the molecule is C=C(C)COCCCCOc1ccc(C(=O)Oc2ccc(OC(=O)c3ccc(OCCCCOCC(=C)C)cc3)c(C)c2)cc1. The Morgan fingerprint density at radius 1 is 0.578 bits per heavy atom. The Hall–Kier alpha value is -4.40. The second-order valence-corrected chi connectivity index (χ2v) is 10.9. The Labute approximate surface area is 266 Å². The van der Waals surface area contributed by atoms with Crippen LogP contribution in [0.1, 0.15) is 65.8 Å².